The van der Waals surface area contributed by atoms with Crippen molar-refractivity contribution in [2.45, 2.75) is 37.9 Å². The second-order valence-corrected chi connectivity index (χ2v) is 5.02. The molecule has 3 rings (SSSR count). The van der Waals surface area contributed by atoms with Crippen molar-refractivity contribution in [3.05, 3.63) is 0 Å². The van der Waals surface area contributed by atoms with Gasteiger partial charge in [-0.1, -0.05) is 0 Å². The maximum Gasteiger partial charge on any atom is 0.0936 e. The summed E-state index contributed by atoms with van der Waals surface area (Å²) < 4.78 is 11.1. The van der Waals surface area contributed by atoms with Crippen molar-refractivity contribution < 1.29 is 14.6 Å². The van der Waals surface area contributed by atoms with Gasteiger partial charge in [0.25, 0.3) is 0 Å². The zero-order valence-corrected chi connectivity index (χ0v) is 8.59. The van der Waals surface area contributed by atoms with Crippen LogP contribution in [-0.4, -0.2) is 36.6 Å². The summed E-state index contributed by atoms with van der Waals surface area (Å²) in [6.45, 7) is 5.00. The second kappa shape index (κ2) is 2.47. The van der Waals surface area contributed by atoms with E-state index in [1.165, 1.54) is 0 Å². The van der Waals surface area contributed by atoms with Crippen LogP contribution in [0.5, 0.6) is 0 Å². The Balaban J connectivity index is 2.16. The summed E-state index contributed by atoms with van der Waals surface area (Å²) in [6.07, 6.45) is 1.88. The third-order valence-electron chi connectivity index (χ3n) is 3.78. The highest BCUT2D eigenvalue weighted by molar-refractivity contribution is 5.19. The Morgan fingerprint density at radius 3 is 2.38 bits per heavy atom. The molecule has 0 aromatic rings. The number of hydrogen-bond acceptors (Lipinski definition) is 3. The predicted molar refractivity (Wildman–Crippen MR) is 48.5 cm³/mol. The molecule has 2 bridgehead atoms. The van der Waals surface area contributed by atoms with Crippen molar-refractivity contribution in [3.8, 4) is 0 Å². The zero-order valence-electron chi connectivity index (χ0n) is 8.59. The molecule has 0 amide bonds. The first kappa shape index (κ1) is 9.44. The molecule has 0 spiro atoms. The molecule has 1 N–H and O–H groups in total. The normalized spacial score (nSPS) is 46.2. The maximum atomic E-state index is 9.36. The number of rotatable bonds is 3. The summed E-state index contributed by atoms with van der Waals surface area (Å²) in [4.78, 5) is 0. The summed E-state index contributed by atoms with van der Waals surface area (Å²) in [7, 11) is 1.70. The molecule has 3 nitrogen and oxygen atoms in total. The van der Waals surface area contributed by atoms with Crippen LogP contribution in [-0.2, 0) is 9.47 Å². The zero-order chi connectivity index (χ0) is 9.74. The van der Waals surface area contributed by atoms with Gasteiger partial charge >= 0.3 is 0 Å². The highest BCUT2D eigenvalue weighted by Crippen LogP contribution is 2.66. The van der Waals surface area contributed by atoms with E-state index in [1.54, 1.807) is 7.11 Å². The maximum absolute atomic E-state index is 9.36. The number of methoxy groups -OCH3 is 1. The van der Waals surface area contributed by atoms with Crippen LogP contribution < -0.4 is 0 Å². The molecule has 2 saturated heterocycles. The van der Waals surface area contributed by atoms with Crippen LogP contribution in [0.2, 0.25) is 0 Å². The van der Waals surface area contributed by atoms with Crippen LogP contribution in [0.3, 0.4) is 0 Å². The van der Waals surface area contributed by atoms with E-state index >= 15 is 0 Å². The fourth-order valence-electron chi connectivity index (χ4n) is 3.03. The Labute approximate surface area is 79.0 Å². The summed E-state index contributed by atoms with van der Waals surface area (Å²) in [5.74, 6) is 0. The van der Waals surface area contributed by atoms with Gasteiger partial charge in [-0.25, -0.2) is 0 Å². The first-order chi connectivity index (χ1) is 5.99. The van der Waals surface area contributed by atoms with Gasteiger partial charge in [0, 0.05) is 12.5 Å². The largest absolute Gasteiger partial charge is 0.396 e. The van der Waals surface area contributed by atoms with Crippen molar-refractivity contribution in [2.24, 2.45) is 5.41 Å². The molecule has 3 fully saturated rings. The van der Waals surface area contributed by atoms with Gasteiger partial charge in [-0.2, -0.15) is 0 Å². The van der Waals surface area contributed by atoms with E-state index in [-0.39, 0.29) is 23.2 Å². The van der Waals surface area contributed by atoms with Crippen molar-refractivity contribution in [2.75, 3.05) is 20.3 Å². The van der Waals surface area contributed by atoms with Crippen molar-refractivity contribution >= 4 is 0 Å². The Hall–Kier alpha value is -0.120. The highest BCUT2D eigenvalue weighted by atomic mass is 16.6. The summed E-state index contributed by atoms with van der Waals surface area (Å²) >= 11 is 0. The lowest BCUT2D eigenvalue weighted by Gasteiger charge is -2.45. The minimum atomic E-state index is -0.194. The van der Waals surface area contributed by atoms with Crippen LogP contribution >= 0.6 is 0 Å². The van der Waals surface area contributed by atoms with E-state index in [9.17, 15) is 5.11 Å². The summed E-state index contributed by atoms with van der Waals surface area (Å²) in [5, 5.41) is 9.36. The molecule has 76 valence electrons. The number of aliphatic hydroxyl groups excluding tert-OH is 1. The lowest BCUT2D eigenvalue weighted by molar-refractivity contribution is -0.0955. The fraction of sp³-hybridized carbons (Fsp3) is 1.00. The van der Waals surface area contributed by atoms with Crippen LogP contribution in [0.15, 0.2) is 0 Å². The van der Waals surface area contributed by atoms with E-state index in [1.807, 2.05) is 0 Å². The Kier molecular flexibility index (Phi) is 1.79. The van der Waals surface area contributed by atoms with Crippen molar-refractivity contribution in [1.82, 2.24) is 0 Å². The van der Waals surface area contributed by atoms with Crippen LogP contribution in [0.4, 0.5) is 0 Å². The summed E-state index contributed by atoms with van der Waals surface area (Å²) in [5.41, 5.74) is -0.299. The standard InChI is InChI=1S/C10H18O3/c1-8(2)9(6-11)4-10(5-9,13-8)7-12-3/h11H,4-7H2,1-3H3. The first-order valence-electron chi connectivity index (χ1n) is 4.79. The molecular formula is C10H18O3. The van der Waals surface area contributed by atoms with Crippen molar-refractivity contribution in [1.29, 1.82) is 0 Å². The molecule has 1 saturated carbocycles. The molecule has 0 atom stereocenters. The smallest absolute Gasteiger partial charge is 0.0936 e. The molecule has 3 aliphatic rings. The predicted octanol–water partition coefficient (Wildman–Crippen LogP) is 0.953. The molecule has 2 heterocycles. The lowest BCUT2D eigenvalue weighted by atomic mass is 9.57. The van der Waals surface area contributed by atoms with Gasteiger partial charge in [-0.05, 0) is 26.7 Å². The van der Waals surface area contributed by atoms with Gasteiger partial charge in [-0.3, -0.25) is 0 Å². The molecule has 0 radical (unpaired) electrons. The molecule has 0 aromatic carbocycles. The Morgan fingerprint density at radius 2 is 2.00 bits per heavy atom. The van der Waals surface area contributed by atoms with Crippen molar-refractivity contribution in [3.63, 3.8) is 0 Å². The number of hydrogen-bond donors (Lipinski definition) is 1. The number of fused-ring (bicyclic) bond motifs is 1. The monoisotopic (exact) mass is 186 g/mol. The van der Waals surface area contributed by atoms with E-state index in [0.717, 1.165) is 12.8 Å². The van der Waals surface area contributed by atoms with Crippen LogP contribution in [0.1, 0.15) is 26.7 Å². The average molecular weight is 186 g/mol. The van der Waals surface area contributed by atoms with Crippen LogP contribution in [0.25, 0.3) is 0 Å². The molecule has 0 unspecified atom stereocenters. The average Bonchev–Trinajstić information content (AvgIpc) is 2.30. The molecule has 2 aliphatic heterocycles. The SMILES string of the molecule is COCC12CC(CO)(C1)C(C)(C)O2. The molecule has 1 aliphatic carbocycles. The van der Waals surface area contributed by atoms with Crippen LogP contribution in [0, 0.1) is 5.41 Å². The van der Waals surface area contributed by atoms with E-state index in [2.05, 4.69) is 13.8 Å². The number of aliphatic hydroxyl groups is 1. The van der Waals surface area contributed by atoms with E-state index in [4.69, 9.17) is 9.47 Å². The quantitative estimate of drug-likeness (QED) is 0.713. The van der Waals surface area contributed by atoms with Gasteiger partial charge < -0.3 is 14.6 Å². The minimum absolute atomic E-state index is 0.00840. The van der Waals surface area contributed by atoms with Gasteiger partial charge in [-0.15, -0.1) is 0 Å². The van der Waals surface area contributed by atoms with E-state index in [0.29, 0.717) is 6.61 Å². The van der Waals surface area contributed by atoms with Gasteiger partial charge in [0.15, 0.2) is 0 Å². The number of ether oxygens (including phenoxy) is 2. The Morgan fingerprint density at radius 1 is 1.38 bits per heavy atom. The molecule has 3 heteroatoms. The summed E-state index contributed by atoms with van der Waals surface area (Å²) in [6, 6.07) is 0. The molecular weight excluding hydrogens is 168 g/mol. The second-order valence-electron chi connectivity index (χ2n) is 5.02. The van der Waals surface area contributed by atoms with Gasteiger partial charge in [0.2, 0.25) is 0 Å². The fourth-order valence-corrected chi connectivity index (χ4v) is 3.03. The Bertz CT molecular complexity index is 216. The van der Waals surface area contributed by atoms with Gasteiger partial charge in [0.1, 0.15) is 0 Å². The third kappa shape index (κ3) is 1.01. The third-order valence-corrected chi connectivity index (χ3v) is 3.78. The molecule has 13 heavy (non-hydrogen) atoms. The minimum Gasteiger partial charge on any atom is -0.396 e. The van der Waals surface area contributed by atoms with E-state index < -0.39 is 0 Å². The highest BCUT2D eigenvalue weighted by Gasteiger charge is 2.71. The lowest BCUT2D eigenvalue weighted by Crippen LogP contribution is -2.51. The first-order valence-corrected chi connectivity index (χ1v) is 4.79. The topological polar surface area (TPSA) is 38.7 Å². The molecule has 0 aromatic heterocycles. The van der Waals surface area contributed by atoms with Gasteiger partial charge in [0.05, 0.1) is 24.4 Å².